The molecule has 0 aliphatic heterocycles. The van der Waals surface area contributed by atoms with Crippen molar-refractivity contribution in [1.82, 2.24) is 14.7 Å². The van der Waals surface area contributed by atoms with Crippen molar-refractivity contribution in [3.8, 4) is 0 Å². The number of aromatic nitrogens is 2. The highest BCUT2D eigenvalue weighted by Crippen LogP contribution is 2.27. The summed E-state index contributed by atoms with van der Waals surface area (Å²) in [4.78, 5) is 2.52. The van der Waals surface area contributed by atoms with Gasteiger partial charge in [-0.3, -0.25) is 9.58 Å². The van der Waals surface area contributed by atoms with E-state index in [1.165, 1.54) is 48.0 Å². The lowest BCUT2D eigenvalue weighted by molar-refractivity contribution is 0.180. The molecule has 0 bridgehead atoms. The molecule has 1 aromatic heterocycles. The third kappa shape index (κ3) is 3.40. The molecule has 1 heterocycles. The van der Waals surface area contributed by atoms with Crippen LogP contribution in [0.1, 0.15) is 57.3 Å². The maximum absolute atomic E-state index is 4.69. The largest absolute Gasteiger partial charge is 0.298 e. The summed E-state index contributed by atoms with van der Waals surface area (Å²) >= 11 is 3.75. The van der Waals surface area contributed by atoms with Gasteiger partial charge in [-0.15, -0.1) is 0 Å². The van der Waals surface area contributed by atoms with E-state index in [1.807, 2.05) is 0 Å². The van der Waals surface area contributed by atoms with Crippen molar-refractivity contribution >= 4 is 15.9 Å². The minimum Gasteiger partial charge on any atom is -0.298 e. The van der Waals surface area contributed by atoms with E-state index in [9.17, 15) is 0 Å². The standard InChI is InChI=1S/C15H26BrN3/c1-4-13-15(16)14(19(5-2)17-13)11-18(3)12-9-7-6-8-10-12/h12H,4-11H2,1-3H3. The van der Waals surface area contributed by atoms with Gasteiger partial charge in [-0.25, -0.2) is 0 Å². The lowest BCUT2D eigenvalue weighted by Crippen LogP contribution is -2.33. The Bertz CT molecular complexity index is 408. The fourth-order valence-corrected chi connectivity index (χ4v) is 3.75. The van der Waals surface area contributed by atoms with Gasteiger partial charge in [-0.05, 0) is 49.2 Å². The van der Waals surface area contributed by atoms with E-state index in [0.717, 1.165) is 25.6 Å². The Morgan fingerprint density at radius 3 is 2.53 bits per heavy atom. The van der Waals surface area contributed by atoms with Gasteiger partial charge in [0.05, 0.1) is 15.9 Å². The maximum Gasteiger partial charge on any atom is 0.0767 e. The van der Waals surface area contributed by atoms with Crippen LogP contribution in [0.25, 0.3) is 0 Å². The summed E-state index contributed by atoms with van der Waals surface area (Å²) in [5.41, 5.74) is 2.53. The first-order chi connectivity index (χ1) is 9.17. The molecular weight excluding hydrogens is 302 g/mol. The number of hydrogen-bond acceptors (Lipinski definition) is 2. The lowest BCUT2D eigenvalue weighted by atomic mass is 9.94. The molecule has 1 aliphatic rings. The molecule has 3 nitrogen and oxygen atoms in total. The second kappa shape index (κ2) is 6.89. The number of rotatable bonds is 5. The van der Waals surface area contributed by atoms with E-state index in [4.69, 9.17) is 0 Å². The van der Waals surface area contributed by atoms with E-state index in [-0.39, 0.29) is 0 Å². The minimum absolute atomic E-state index is 0.755. The summed E-state index contributed by atoms with van der Waals surface area (Å²) in [7, 11) is 2.26. The van der Waals surface area contributed by atoms with Gasteiger partial charge in [0.1, 0.15) is 0 Å². The summed E-state index contributed by atoms with van der Waals surface area (Å²) in [6, 6.07) is 0.755. The molecular formula is C15H26BrN3. The summed E-state index contributed by atoms with van der Waals surface area (Å²) in [5.74, 6) is 0. The highest BCUT2D eigenvalue weighted by Gasteiger charge is 2.21. The number of aryl methyl sites for hydroxylation is 2. The normalized spacial score (nSPS) is 17.3. The summed E-state index contributed by atoms with van der Waals surface area (Å²) in [6.07, 6.45) is 7.91. The summed E-state index contributed by atoms with van der Waals surface area (Å²) < 4.78 is 3.38. The van der Waals surface area contributed by atoms with Crippen LogP contribution in [-0.4, -0.2) is 27.8 Å². The molecule has 108 valence electrons. The van der Waals surface area contributed by atoms with Gasteiger partial charge in [0.2, 0.25) is 0 Å². The Morgan fingerprint density at radius 2 is 1.95 bits per heavy atom. The molecule has 1 aliphatic carbocycles. The molecule has 2 rings (SSSR count). The zero-order chi connectivity index (χ0) is 13.8. The van der Waals surface area contributed by atoms with Gasteiger partial charge in [0.25, 0.3) is 0 Å². The lowest BCUT2D eigenvalue weighted by Gasteiger charge is -2.31. The molecule has 1 saturated carbocycles. The zero-order valence-corrected chi connectivity index (χ0v) is 14.0. The third-order valence-electron chi connectivity index (χ3n) is 4.29. The van der Waals surface area contributed by atoms with E-state index in [0.29, 0.717) is 0 Å². The third-order valence-corrected chi connectivity index (χ3v) is 5.21. The van der Waals surface area contributed by atoms with E-state index in [2.05, 4.69) is 51.5 Å². The molecule has 0 amide bonds. The first-order valence-electron chi connectivity index (χ1n) is 7.61. The Kier molecular flexibility index (Phi) is 5.46. The molecule has 0 N–H and O–H groups in total. The molecule has 19 heavy (non-hydrogen) atoms. The second-order valence-corrected chi connectivity index (χ2v) is 6.38. The van der Waals surface area contributed by atoms with Gasteiger partial charge in [-0.2, -0.15) is 5.10 Å². The monoisotopic (exact) mass is 327 g/mol. The highest BCUT2D eigenvalue weighted by molar-refractivity contribution is 9.10. The van der Waals surface area contributed by atoms with Crippen LogP contribution in [0.5, 0.6) is 0 Å². The first-order valence-corrected chi connectivity index (χ1v) is 8.40. The predicted molar refractivity (Wildman–Crippen MR) is 83.3 cm³/mol. The number of hydrogen-bond donors (Lipinski definition) is 0. The highest BCUT2D eigenvalue weighted by atomic mass is 79.9. The van der Waals surface area contributed by atoms with Crippen LogP contribution in [0.4, 0.5) is 0 Å². The van der Waals surface area contributed by atoms with Gasteiger partial charge >= 0.3 is 0 Å². The summed E-state index contributed by atoms with van der Waals surface area (Å²) in [6.45, 7) is 6.29. The van der Waals surface area contributed by atoms with E-state index in [1.54, 1.807) is 0 Å². The van der Waals surface area contributed by atoms with Crippen LogP contribution < -0.4 is 0 Å². The average Bonchev–Trinajstić information content (AvgIpc) is 2.76. The van der Waals surface area contributed by atoms with Gasteiger partial charge in [0.15, 0.2) is 0 Å². The number of halogens is 1. The van der Waals surface area contributed by atoms with Crippen LogP contribution in [0.15, 0.2) is 4.47 Å². The predicted octanol–water partition coefficient (Wildman–Crippen LogP) is 3.99. The van der Waals surface area contributed by atoms with Crippen molar-refractivity contribution < 1.29 is 0 Å². The average molecular weight is 328 g/mol. The van der Waals surface area contributed by atoms with Crippen molar-refractivity contribution in [1.29, 1.82) is 0 Å². The van der Waals surface area contributed by atoms with Crippen molar-refractivity contribution in [2.45, 2.75) is 71.5 Å². The van der Waals surface area contributed by atoms with Crippen LogP contribution >= 0.6 is 15.9 Å². The topological polar surface area (TPSA) is 21.1 Å². The molecule has 0 saturated heterocycles. The Morgan fingerprint density at radius 1 is 1.26 bits per heavy atom. The summed E-state index contributed by atoms with van der Waals surface area (Å²) in [5, 5.41) is 4.69. The Hall–Kier alpha value is -0.350. The minimum atomic E-state index is 0.755. The SMILES string of the molecule is CCc1nn(CC)c(CN(C)C2CCCCC2)c1Br. The molecule has 1 fully saturated rings. The molecule has 0 spiro atoms. The first kappa shape index (κ1) is 15.0. The van der Waals surface area contributed by atoms with Gasteiger partial charge in [-0.1, -0.05) is 26.2 Å². The second-order valence-electron chi connectivity index (χ2n) is 5.58. The molecule has 4 heteroatoms. The van der Waals surface area contributed by atoms with Crippen LogP contribution in [0.2, 0.25) is 0 Å². The van der Waals surface area contributed by atoms with Gasteiger partial charge < -0.3 is 0 Å². The van der Waals surface area contributed by atoms with Crippen molar-refractivity contribution in [3.63, 3.8) is 0 Å². The molecule has 0 aromatic carbocycles. The van der Waals surface area contributed by atoms with Gasteiger partial charge in [0, 0.05) is 19.1 Å². The Labute approximate surface area is 125 Å². The molecule has 0 unspecified atom stereocenters. The van der Waals surface area contributed by atoms with Crippen LogP contribution in [0.3, 0.4) is 0 Å². The van der Waals surface area contributed by atoms with E-state index < -0.39 is 0 Å². The van der Waals surface area contributed by atoms with Crippen LogP contribution in [-0.2, 0) is 19.5 Å². The Balaban J connectivity index is 2.10. The maximum atomic E-state index is 4.69. The van der Waals surface area contributed by atoms with Crippen LogP contribution in [0, 0.1) is 0 Å². The smallest absolute Gasteiger partial charge is 0.0767 e. The quantitative estimate of drug-likeness (QED) is 0.815. The van der Waals surface area contributed by atoms with Crippen molar-refractivity contribution in [3.05, 3.63) is 15.9 Å². The fourth-order valence-electron chi connectivity index (χ4n) is 3.06. The molecule has 1 aromatic rings. The fraction of sp³-hybridized carbons (Fsp3) is 0.800. The van der Waals surface area contributed by atoms with E-state index >= 15 is 0 Å². The van der Waals surface area contributed by atoms with Crippen molar-refractivity contribution in [2.75, 3.05) is 7.05 Å². The molecule has 0 radical (unpaired) electrons. The number of nitrogens with zero attached hydrogens (tertiary/aromatic N) is 3. The zero-order valence-electron chi connectivity index (χ0n) is 12.5. The van der Waals surface area contributed by atoms with Crippen molar-refractivity contribution in [2.24, 2.45) is 0 Å². The molecule has 0 atom stereocenters.